The van der Waals surface area contributed by atoms with Crippen molar-refractivity contribution in [2.75, 3.05) is 5.73 Å². The summed E-state index contributed by atoms with van der Waals surface area (Å²) in [5.74, 6) is 0.773. The summed E-state index contributed by atoms with van der Waals surface area (Å²) >= 11 is 0. The first-order chi connectivity index (χ1) is 8.75. The van der Waals surface area contributed by atoms with Crippen molar-refractivity contribution < 1.29 is 360 Å². The van der Waals surface area contributed by atoms with Crippen LogP contribution >= 0.6 is 0 Å². The van der Waals surface area contributed by atoms with E-state index in [0.717, 1.165) is 17.8 Å². The summed E-state index contributed by atoms with van der Waals surface area (Å²) in [6, 6.07) is 0. The first-order valence-electron chi connectivity index (χ1n) is 7.44. The molecule has 1 aromatic rings. The third-order valence-corrected chi connectivity index (χ3v) is 3.52. The summed E-state index contributed by atoms with van der Waals surface area (Å²) in [6.07, 6.45) is 16.2. The second kappa shape index (κ2) is 55.1. The van der Waals surface area contributed by atoms with Crippen LogP contribution in [0, 0.1) is 6.20 Å². The van der Waals surface area contributed by atoms with Gasteiger partial charge in [-0.2, -0.15) is 5.56 Å². The van der Waals surface area contributed by atoms with Crippen LogP contribution in [0.3, 0.4) is 0 Å². The molecule has 0 aromatic carbocycles. The number of nitrogen functional groups attached to an aromatic ring is 1. The molecule has 2 N–H and O–H groups in total. The molecule has 0 bridgehead atoms. The smallest absolute Gasteiger partial charge is 0.0109 e. The summed E-state index contributed by atoms with van der Waals surface area (Å²) in [4.78, 5) is 0. The fourth-order valence-electron chi connectivity index (χ4n) is 2.24. The number of aryl methyl sites for hydroxylation is 2. The van der Waals surface area contributed by atoms with Gasteiger partial charge in [-0.3, -0.25) is 0 Å². The van der Waals surface area contributed by atoms with E-state index >= 15 is 0 Å². The quantitative estimate of drug-likeness (QED) is 0.287. The first-order valence-corrected chi connectivity index (χ1v) is 7.44. The van der Waals surface area contributed by atoms with Crippen molar-refractivity contribution in [2.45, 2.75) is 71.1 Å². The van der Waals surface area contributed by atoms with Gasteiger partial charge >= 0.3 is 0 Å². The van der Waals surface area contributed by atoms with Crippen LogP contribution in [0.4, 0.5) is 5.82 Å². The molecule has 3 nitrogen and oxygen atoms in total. The predicted molar refractivity (Wildman–Crippen MR) is 77.4 cm³/mol. The molecule has 1 heterocycles. The van der Waals surface area contributed by atoms with E-state index < -0.39 is 0 Å². The molecule has 0 amide bonds. The van der Waals surface area contributed by atoms with Crippen LogP contribution in [0.2, 0.25) is 0 Å². The number of rotatable bonds is 10. The van der Waals surface area contributed by atoms with Crippen molar-refractivity contribution in [3.63, 3.8) is 0 Å². The Morgan fingerprint density at radius 3 is 1.31 bits per heavy atom. The van der Waals surface area contributed by atoms with Gasteiger partial charge in [0.05, 0.1) is 0 Å². The molecule has 0 fully saturated rings. The van der Waals surface area contributed by atoms with Crippen LogP contribution in [0.5, 0.6) is 0 Å². The number of anilines is 1. The number of aromatic nitrogens is 2. The minimum Gasteiger partial charge on any atom is -0.460 e. The van der Waals surface area contributed by atoms with Gasteiger partial charge < -0.3 is 15.5 Å². The van der Waals surface area contributed by atoms with Gasteiger partial charge in [-0.1, -0.05) is 71.1 Å². The van der Waals surface area contributed by atoms with Gasteiger partial charge in [0.15, 0.2) is 0 Å². The Kier molecular flexibility index (Phi) is 138. The van der Waals surface area contributed by atoms with E-state index in [0.29, 0.717) is 0 Å². The maximum absolute atomic E-state index is 5.88. The van der Waals surface area contributed by atoms with Crippen LogP contribution in [0.1, 0.15) is 70.3 Å². The average molecular weight is 1230 g/mol. The molecule has 0 atom stereocenters. The molecule has 0 saturated carbocycles. The van der Waals surface area contributed by atoms with E-state index in [4.69, 9.17) is 5.73 Å². The van der Waals surface area contributed by atoms with Gasteiger partial charge in [-0.25, -0.2) is 0 Å². The molecule has 11 radical (unpaired) electrons. The fraction of sp³-hybridized carbons (Fsp3) is 0.800. The normalized spacial score (nSPS) is 6.83. The van der Waals surface area contributed by atoms with Crippen LogP contribution in [-0.4, -0.2) is 9.78 Å². The first kappa shape index (κ1) is 72.4. The van der Waals surface area contributed by atoms with Crippen molar-refractivity contribution in [3.8, 4) is 0 Å². The van der Waals surface area contributed by atoms with E-state index in [9.17, 15) is 0 Å². The summed E-state index contributed by atoms with van der Waals surface area (Å²) in [6.45, 7) is 2.27. The van der Waals surface area contributed by atoms with Gasteiger partial charge in [0.1, 0.15) is 0 Å². The third kappa shape index (κ3) is 43.7. The van der Waals surface area contributed by atoms with Crippen LogP contribution in [-0.2, 0) is 373 Å². The minimum absolute atomic E-state index is 0. The van der Waals surface area contributed by atoms with Crippen molar-refractivity contribution in [3.05, 3.63) is 11.8 Å². The Bertz CT molecular complexity index is 345. The van der Waals surface area contributed by atoms with E-state index in [-0.39, 0.29) is 360 Å². The SMILES string of the molecule is CCCCCCCCCCCc1[c-]nn(C)c1N.[Y].[Y].[Y].[Y].[Y].[Y].[Y].[Y].[Y].[Y].[Y]. The van der Waals surface area contributed by atoms with E-state index in [1.807, 2.05) is 7.05 Å². The van der Waals surface area contributed by atoms with E-state index in [2.05, 4.69) is 18.2 Å². The standard InChI is InChI=1S/C15H28N3.11Y/c1-3-4-5-6-7-8-9-10-11-12-14-13-17-18(2)15(14)16;;;;;;;;;;;/h3-12,16H2,1-2H3;;;;;;;;;;;/q-1;;;;;;;;;;;. The minimum atomic E-state index is 0. The Morgan fingerprint density at radius 1 is 0.655 bits per heavy atom. The Labute approximate surface area is 457 Å². The molecule has 0 saturated heterocycles. The van der Waals surface area contributed by atoms with Gasteiger partial charge in [0.2, 0.25) is 0 Å². The maximum atomic E-state index is 5.88. The van der Waals surface area contributed by atoms with Gasteiger partial charge in [-0.15, -0.1) is 6.20 Å². The molecule has 29 heavy (non-hydrogen) atoms. The summed E-state index contributed by atoms with van der Waals surface area (Å²) in [5, 5.41) is 4.04. The third-order valence-electron chi connectivity index (χ3n) is 3.52. The molecule has 14 heteroatoms. The molecule has 1 rings (SSSR count). The molecule has 0 spiro atoms. The molecule has 0 aliphatic rings. The van der Waals surface area contributed by atoms with E-state index in [1.165, 1.54) is 57.8 Å². The largest absolute Gasteiger partial charge is 0.460 e. The molecule has 0 aliphatic heterocycles. The van der Waals surface area contributed by atoms with Crippen molar-refractivity contribution in [1.82, 2.24) is 9.78 Å². The summed E-state index contributed by atoms with van der Waals surface area (Å²) < 4.78 is 1.70. The molecule has 137 valence electrons. The average Bonchev–Trinajstić information content (AvgIpc) is 2.68. The monoisotopic (exact) mass is 1230 g/mol. The molecule has 1 aromatic heterocycles. The number of unbranched alkanes of at least 4 members (excludes halogenated alkanes) is 8. The fourth-order valence-corrected chi connectivity index (χ4v) is 2.24. The predicted octanol–water partition coefficient (Wildman–Crippen LogP) is 3.85. The molecular formula is C15H28N3Y11-. The van der Waals surface area contributed by atoms with Gasteiger partial charge in [0, 0.05) is 367 Å². The zero-order valence-electron chi connectivity index (χ0n) is 18.4. The Balaban J connectivity index is -0.0000000327. The number of nitrogens with zero attached hydrogens (tertiary/aromatic N) is 2. The number of hydrogen-bond acceptors (Lipinski definition) is 2. The second-order valence-corrected chi connectivity index (χ2v) is 5.18. The van der Waals surface area contributed by atoms with Crippen molar-refractivity contribution in [2.24, 2.45) is 7.05 Å². The molecule has 0 unspecified atom stereocenters. The van der Waals surface area contributed by atoms with Crippen molar-refractivity contribution in [1.29, 1.82) is 0 Å². The molecular weight excluding hydrogens is 1200 g/mol. The number of hydrogen-bond donors (Lipinski definition) is 1. The second-order valence-electron chi connectivity index (χ2n) is 5.18. The van der Waals surface area contributed by atoms with Crippen molar-refractivity contribution >= 4 is 5.82 Å². The Morgan fingerprint density at radius 2 is 1.00 bits per heavy atom. The Hall–Kier alpha value is 11.2. The molecule has 0 aliphatic carbocycles. The van der Waals surface area contributed by atoms with Gasteiger partial charge in [-0.05, 0) is 5.82 Å². The number of nitrogens with two attached hydrogens (primary N) is 1. The topological polar surface area (TPSA) is 43.8 Å². The zero-order valence-corrected chi connectivity index (χ0v) is 49.6. The van der Waals surface area contributed by atoms with Crippen LogP contribution in [0.25, 0.3) is 0 Å². The van der Waals surface area contributed by atoms with Gasteiger partial charge in [0.25, 0.3) is 0 Å². The summed E-state index contributed by atoms with van der Waals surface area (Å²) in [7, 11) is 1.87. The summed E-state index contributed by atoms with van der Waals surface area (Å²) in [5.41, 5.74) is 6.96. The maximum Gasteiger partial charge on any atom is 0.0109 e. The van der Waals surface area contributed by atoms with E-state index in [1.54, 1.807) is 4.68 Å². The van der Waals surface area contributed by atoms with Crippen LogP contribution < -0.4 is 5.73 Å². The van der Waals surface area contributed by atoms with Crippen LogP contribution in [0.15, 0.2) is 0 Å². The zero-order chi connectivity index (χ0) is 13.2.